The van der Waals surface area contributed by atoms with Crippen LogP contribution in [0.2, 0.25) is 0 Å². The first kappa shape index (κ1) is 28.5. The number of carbonyl (C=O) groups excluding carboxylic acids is 3. The topological polar surface area (TPSA) is 125 Å². The van der Waals surface area contributed by atoms with E-state index in [0.717, 1.165) is 24.8 Å². The Morgan fingerprint density at radius 2 is 1.64 bits per heavy atom. The second-order valence-electron chi connectivity index (χ2n) is 15.5. The maximum Gasteiger partial charge on any atom is 0.312 e. The van der Waals surface area contributed by atoms with E-state index in [9.17, 15) is 29.9 Å². The zero-order valence-electron chi connectivity index (χ0n) is 24.8. The van der Waals surface area contributed by atoms with E-state index in [1.807, 2.05) is 6.92 Å². The summed E-state index contributed by atoms with van der Waals surface area (Å²) in [5.74, 6) is -1.82. The third kappa shape index (κ3) is 3.14. The number of nitriles is 1. The summed E-state index contributed by atoms with van der Waals surface area (Å²) in [5.41, 5.74) is -5.77. The highest BCUT2D eigenvalue weighted by molar-refractivity contribution is 5.99. The predicted octanol–water partition coefficient (Wildman–Crippen LogP) is 4.54. The van der Waals surface area contributed by atoms with Gasteiger partial charge in [-0.3, -0.25) is 14.4 Å². The van der Waals surface area contributed by atoms with Crippen molar-refractivity contribution in [2.45, 2.75) is 105 Å². The minimum Gasteiger partial charge on any atom is -0.469 e. The van der Waals surface area contributed by atoms with Gasteiger partial charge in [0.15, 0.2) is 11.6 Å². The first-order valence-electron chi connectivity index (χ1n) is 14.5. The molecule has 5 aliphatic rings. The van der Waals surface area contributed by atoms with Gasteiger partial charge < -0.3 is 14.9 Å². The molecule has 2 unspecified atom stereocenters. The van der Waals surface area contributed by atoms with E-state index in [1.54, 1.807) is 26.0 Å². The number of ether oxygens (including phenoxy) is 1. The quantitative estimate of drug-likeness (QED) is 0.370. The fourth-order valence-electron chi connectivity index (χ4n) is 10.7. The standard InChI is InChI=1S/C32H45NO6/c1-26(2)11-13-31(25(37)39-8)14-12-29(6)22(18(31)16-26)19(34)15-21-28(29,5)10-9-20-27(3,4)23(35)32(38,17-33)24(36)30(20,21)7/h15,18,20,22,24,36,38H,9-14,16H2,1-8H3/t18?,20-,22?,24+,28+,29+,30-,31-,32-/m0/s1. The van der Waals surface area contributed by atoms with E-state index in [2.05, 4.69) is 27.7 Å². The van der Waals surface area contributed by atoms with Gasteiger partial charge in [0, 0.05) is 16.7 Å². The van der Waals surface area contributed by atoms with Gasteiger partial charge >= 0.3 is 5.97 Å². The molecule has 0 aliphatic heterocycles. The minimum absolute atomic E-state index is 0.0114. The van der Waals surface area contributed by atoms with Crippen LogP contribution >= 0.6 is 0 Å². The summed E-state index contributed by atoms with van der Waals surface area (Å²) < 4.78 is 5.38. The van der Waals surface area contributed by atoms with Crippen molar-refractivity contribution in [3.8, 4) is 6.07 Å². The Bertz CT molecular complexity index is 1230. The van der Waals surface area contributed by atoms with Crippen molar-refractivity contribution in [1.29, 1.82) is 5.26 Å². The number of allylic oxidation sites excluding steroid dienone is 1. The molecular formula is C32H45NO6. The van der Waals surface area contributed by atoms with Crippen LogP contribution in [0.15, 0.2) is 11.6 Å². The number of carbonyl (C=O) groups is 3. The molecule has 5 rings (SSSR count). The molecule has 0 amide bonds. The second kappa shape index (κ2) is 8.03. The summed E-state index contributed by atoms with van der Waals surface area (Å²) >= 11 is 0. The van der Waals surface area contributed by atoms with Crippen LogP contribution in [0.1, 0.15) is 93.4 Å². The molecule has 0 aromatic carbocycles. The van der Waals surface area contributed by atoms with E-state index in [1.165, 1.54) is 7.11 Å². The number of fused-ring (bicyclic) bond motifs is 7. The number of aliphatic hydroxyl groups excluding tert-OH is 1. The van der Waals surface area contributed by atoms with Gasteiger partial charge in [-0.05, 0) is 79.1 Å². The van der Waals surface area contributed by atoms with Crippen LogP contribution < -0.4 is 0 Å². The van der Waals surface area contributed by atoms with Crippen LogP contribution in [-0.2, 0) is 19.1 Å². The zero-order valence-corrected chi connectivity index (χ0v) is 24.8. The van der Waals surface area contributed by atoms with Gasteiger partial charge in [0.1, 0.15) is 12.2 Å². The molecule has 0 bridgehead atoms. The maximum absolute atomic E-state index is 14.4. The minimum atomic E-state index is -2.56. The normalized spacial score (nSPS) is 49.8. The number of hydrogen-bond acceptors (Lipinski definition) is 7. The third-order valence-electron chi connectivity index (χ3n) is 13.1. The Morgan fingerprint density at radius 1 is 1.03 bits per heavy atom. The lowest BCUT2D eigenvalue weighted by atomic mass is 9.33. The highest BCUT2D eigenvalue weighted by Crippen LogP contribution is 2.75. The molecule has 0 saturated heterocycles. The van der Waals surface area contributed by atoms with Gasteiger partial charge in [-0.25, -0.2) is 0 Å². The van der Waals surface area contributed by atoms with Gasteiger partial charge in [-0.2, -0.15) is 5.26 Å². The number of ketones is 2. The molecular weight excluding hydrogens is 494 g/mol. The van der Waals surface area contributed by atoms with Crippen molar-refractivity contribution in [2.24, 2.45) is 50.2 Å². The average Bonchev–Trinajstić information content (AvgIpc) is 2.87. The maximum atomic E-state index is 14.4. The Hall–Kier alpha value is -2.04. The van der Waals surface area contributed by atoms with Crippen LogP contribution in [0.4, 0.5) is 0 Å². The van der Waals surface area contributed by atoms with E-state index in [0.29, 0.717) is 25.7 Å². The Kier molecular flexibility index (Phi) is 5.87. The van der Waals surface area contributed by atoms with Crippen molar-refractivity contribution in [3.63, 3.8) is 0 Å². The van der Waals surface area contributed by atoms with E-state index < -0.39 is 44.6 Å². The summed E-state index contributed by atoms with van der Waals surface area (Å²) in [7, 11) is 1.44. The lowest BCUT2D eigenvalue weighted by molar-refractivity contribution is -0.213. The van der Waals surface area contributed by atoms with Crippen molar-refractivity contribution in [1.82, 2.24) is 0 Å². The average molecular weight is 540 g/mol. The monoisotopic (exact) mass is 539 g/mol. The largest absolute Gasteiger partial charge is 0.469 e. The van der Waals surface area contributed by atoms with E-state index in [-0.39, 0.29) is 34.9 Å². The molecule has 4 fully saturated rings. The van der Waals surface area contributed by atoms with Gasteiger partial charge in [-0.1, -0.05) is 54.0 Å². The molecule has 214 valence electrons. The van der Waals surface area contributed by atoms with E-state index in [4.69, 9.17) is 4.74 Å². The highest BCUT2D eigenvalue weighted by atomic mass is 16.5. The predicted molar refractivity (Wildman–Crippen MR) is 144 cm³/mol. The number of rotatable bonds is 1. The number of aliphatic hydroxyl groups is 2. The third-order valence-corrected chi connectivity index (χ3v) is 13.1. The van der Waals surface area contributed by atoms with Gasteiger partial charge in [-0.15, -0.1) is 0 Å². The summed E-state index contributed by atoms with van der Waals surface area (Å²) in [6.07, 6.45) is 5.01. The Balaban J connectivity index is 1.72. The first-order chi connectivity index (χ1) is 17.8. The molecule has 0 aromatic rings. The molecule has 0 aromatic heterocycles. The highest BCUT2D eigenvalue weighted by Gasteiger charge is 2.75. The molecule has 4 saturated carbocycles. The lowest BCUT2D eigenvalue weighted by Crippen LogP contribution is -2.73. The molecule has 39 heavy (non-hydrogen) atoms. The van der Waals surface area contributed by atoms with Crippen LogP contribution in [0, 0.1) is 61.6 Å². The second-order valence-corrected chi connectivity index (χ2v) is 15.5. The number of esters is 1. The Morgan fingerprint density at radius 3 is 2.23 bits per heavy atom. The van der Waals surface area contributed by atoms with Crippen molar-refractivity contribution < 1.29 is 29.3 Å². The number of hydrogen-bond donors (Lipinski definition) is 2. The van der Waals surface area contributed by atoms with Crippen molar-refractivity contribution in [3.05, 3.63) is 11.6 Å². The summed E-state index contributed by atoms with van der Waals surface area (Å²) in [6, 6.07) is 1.74. The molecule has 2 N–H and O–H groups in total. The van der Waals surface area contributed by atoms with E-state index >= 15 is 0 Å². The lowest BCUT2D eigenvalue weighted by Gasteiger charge is -2.70. The molecule has 0 radical (unpaired) electrons. The molecule has 0 spiro atoms. The van der Waals surface area contributed by atoms with Gasteiger partial charge in [0.05, 0.1) is 12.5 Å². The smallest absolute Gasteiger partial charge is 0.312 e. The molecule has 7 nitrogen and oxygen atoms in total. The molecule has 7 heteroatoms. The van der Waals surface area contributed by atoms with Crippen LogP contribution in [0.3, 0.4) is 0 Å². The van der Waals surface area contributed by atoms with Crippen LogP contribution in [0.5, 0.6) is 0 Å². The summed E-state index contributed by atoms with van der Waals surface area (Å²) in [6.45, 7) is 14.1. The zero-order chi connectivity index (χ0) is 29.2. The number of methoxy groups -OCH3 is 1. The van der Waals surface area contributed by atoms with Gasteiger partial charge in [0.25, 0.3) is 0 Å². The van der Waals surface area contributed by atoms with Crippen molar-refractivity contribution >= 4 is 17.5 Å². The SMILES string of the molecule is COC(=O)[C@]12CCC(C)(C)CC1C1C(=O)C=C3[C@@]4(C)[C@@H](O)[C@](O)(C#N)C(=O)C(C)(C)[C@@H]4CC[C@@]3(C)[C@]1(C)CC2. The first-order valence-corrected chi connectivity index (χ1v) is 14.5. The number of Topliss-reactive ketones (excluding diaryl/α,β-unsaturated/α-hetero) is 1. The fraction of sp³-hybridized carbons (Fsp3) is 0.812. The van der Waals surface area contributed by atoms with Crippen LogP contribution in [-0.4, -0.2) is 46.6 Å². The number of nitrogens with zero attached hydrogens (tertiary/aromatic N) is 1. The van der Waals surface area contributed by atoms with Crippen molar-refractivity contribution in [2.75, 3.05) is 7.11 Å². The fourth-order valence-corrected chi connectivity index (χ4v) is 10.7. The Labute approximate surface area is 232 Å². The summed E-state index contributed by atoms with van der Waals surface area (Å²) in [4.78, 5) is 41.2. The molecule has 5 aliphatic carbocycles. The summed E-state index contributed by atoms with van der Waals surface area (Å²) in [5, 5.41) is 33.0. The molecule has 9 atom stereocenters. The van der Waals surface area contributed by atoms with Gasteiger partial charge in [0.2, 0.25) is 5.60 Å². The van der Waals surface area contributed by atoms with Crippen LogP contribution in [0.25, 0.3) is 0 Å². The molecule has 0 heterocycles.